The first-order valence-corrected chi connectivity index (χ1v) is 7.47. The van der Waals surface area contributed by atoms with E-state index in [0.29, 0.717) is 6.04 Å². The van der Waals surface area contributed by atoms with E-state index in [1.807, 2.05) is 0 Å². The monoisotopic (exact) mass is 345 g/mol. The lowest BCUT2D eigenvalue weighted by Crippen LogP contribution is -2.21. The summed E-state index contributed by atoms with van der Waals surface area (Å²) in [6.45, 7) is 3.20. The highest BCUT2D eigenvalue weighted by atomic mass is 79.9. The van der Waals surface area contributed by atoms with E-state index in [1.54, 1.807) is 0 Å². The zero-order valence-corrected chi connectivity index (χ0v) is 12.6. The standard InChI is InChI=1S/C13H17Br2N/c1-2-16-13(7-9-3-4-9)11-8-10(14)5-6-12(11)15/h5-6,8-9,13,16H,2-4,7H2,1H3. The van der Waals surface area contributed by atoms with Crippen molar-refractivity contribution in [3.8, 4) is 0 Å². The molecule has 0 saturated heterocycles. The number of benzene rings is 1. The average molecular weight is 347 g/mol. The summed E-state index contributed by atoms with van der Waals surface area (Å²) >= 11 is 7.20. The summed E-state index contributed by atoms with van der Waals surface area (Å²) in [7, 11) is 0. The van der Waals surface area contributed by atoms with Gasteiger partial charge in [0, 0.05) is 15.0 Å². The second kappa shape index (κ2) is 5.65. The summed E-state index contributed by atoms with van der Waals surface area (Å²) in [6, 6.07) is 6.91. The number of hydrogen-bond donors (Lipinski definition) is 1. The molecule has 1 saturated carbocycles. The summed E-state index contributed by atoms with van der Waals surface area (Å²) in [5.41, 5.74) is 1.38. The molecule has 0 radical (unpaired) electrons. The van der Waals surface area contributed by atoms with Crippen LogP contribution in [0.15, 0.2) is 27.1 Å². The molecule has 1 aliphatic carbocycles. The third-order valence-electron chi connectivity index (χ3n) is 3.05. The Morgan fingerprint density at radius 1 is 1.38 bits per heavy atom. The van der Waals surface area contributed by atoms with Gasteiger partial charge < -0.3 is 5.32 Å². The smallest absolute Gasteiger partial charge is 0.0334 e. The maximum atomic E-state index is 3.65. The Morgan fingerprint density at radius 3 is 2.75 bits per heavy atom. The Morgan fingerprint density at radius 2 is 2.12 bits per heavy atom. The summed E-state index contributed by atoms with van der Waals surface area (Å²) < 4.78 is 2.37. The van der Waals surface area contributed by atoms with Gasteiger partial charge in [0.1, 0.15) is 0 Å². The predicted molar refractivity (Wildman–Crippen MR) is 75.6 cm³/mol. The largest absolute Gasteiger partial charge is 0.310 e. The maximum Gasteiger partial charge on any atom is 0.0334 e. The lowest BCUT2D eigenvalue weighted by Gasteiger charge is -2.20. The van der Waals surface area contributed by atoms with Crippen molar-refractivity contribution in [1.29, 1.82) is 0 Å². The van der Waals surface area contributed by atoms with Crippen LogP contribution in [0.25, 0.3) is 0 Å². The van der Waals surface area contributed by atoms with Gasteiger partial charge in [0.2, 0.25) is 0 Å². The number of nitrogens with one attached hydrogen (secondary N) is 1. The minimum absolute atomic E-state index is 0.490. The van der Waals surface area contributed by atoms with E-state index in [2.05, 4.69) is 62.3 Å². The van der Waals surface area contributed by atoms with Crippen LogP contribution in [-0.2, 0) is 0 Å². The predicted octanol–water partition coefficient (Wildman–Crippen LogP) is 4.66. The van der Waals surface area contributed by atoms with Gasteiger partial charge in [0.05, 0.1) is 0 Å². The summed E-state index contributed by atoms with van der Waals surface area (Å²) in [6.07, 6.45) is 4.09. The fourth-order valence-corrected chi connectivity index (χ4v) is 2.94. The van der Waals surface area contributed by atoms with Crippen LogP contribution >= 0.6 is 31.9 Å². The first-order chi connectivity index (χ1) is 7.70. The zero-order chi connectivity index (χ0) is 11.5. The number of halogens is 2. The fraction of sp³-hybridized carbons (Fsp3) is 0.538. The molecule has 1 aromatic carbocycles. The second-order valence-corrected chi connectivity index (χ2v) is 6.23. The van der Waals surface area contributed by atoms with Crippen molar-refractivity contribution < 1.29 is 0 Å². The van der Waals surface area contributed by atoms with Crippen molar-refractivity contribution in [2.75, 3.05) is 6.54 Å². The SMILES string of the molecule is CCNC(CC1CC1)c1cc(Br)ccc1Br. The Labute approximate surface area is 114 Å². The quantitative estimate of drug-likeness (QED) is 0.817. The van der Waals surface area contributed by atoms with Gasteiger partial charge in [-0.3, -0.25) is 0 Å². The van der Waals surface area contributed by atoms with E-state index in [9.17, 15) is 0 Å². The second-order valence-electron chi connectivity index (χ2n) is 4.46. The van der Waals surface area contributed by atoms with E-state index in [4.69, 9.17) is 0 Å². The Kier molecular flexibility index (Phi) is 4.45. The molecular formula is C13H17Br2N. The first kappa shape index (κ1) is 12.6. The average Bonchev–Trinajstić information content (AvgIpc) is 3.05. The van der Waals surface area contributed by atoms with Crippen molar-refractivity contribution in [2.45, 2.75) is 32.2 Å². The molecule has 0 bridgehead atoms. The van der Waals surface area contributed by atoms with Crippen LogP contribution in [0.2, 0.25) is 0 Å². The van der Waals surface area contributed by atoms with Crippen molar-refractivity contribution in [3.63, 3.8) is 0 Å². The molecule has 88 valence electrons. The summed E-state index contributed by atoms with van der Waals surface area (Å²) in [4.78, 5) is 0. The third-order valence-corrected chi connectivity index (χ3v) is 4.27. The highest BCUT2D eigenvalue weighted by molar-refractivity contribution is 9.11. The number of hydrogen-bond acceptors (Lipinski definition) is 1. The van der Waals surface area contributed by atoms with E-state index < -0.39 is 0 Å². The molecule has 0 aliphatic heterocycles. The van der Waals surface area contributed by atoms with E-state index in [0.717, 1.165) is 16.9 Å². The minimum atomic E-state index is 0.490. The van der Waals surface area contributed by atoms with E-state index in [-0.39, 0.29) is 0 Å². The summed E-state index contributed by atoms with van der Waals surface area (Å²) in [5, 5.41) is 3.59. The van der Waals surface area contributed by atoms with Crippen LogP contribution < -0.4 is 5.32 Å². The van der Waals surface area contributed by atoms with Crippen LogP contribution in [0.3, 0.4) is 0 Å². The molecule has 1 atom stereocenters. The molecule has 16 heavy (non-hydrogen) atoms. The van der Waals surface area contributed by atoms with Gasteiger partial charge in [0.15, 0.2) is 0 Å². The van der Waals surface area contributed by atoms with E-state index in [1.165, 1.54) is 29.3 Å². The van der Waals surface area contributed by atoms with Crippen molar-refractivity contribution >= 4 is 31.9 Å². The topological polar surface area (TPSA) is 12.0 Å². The molecule has 0 heterocycles. The Hall–Kier alpha value is 0.140. The van der Waals surface area contributed by atoms with Gasteiger partial charge >= 0.3 is 0 Å². The lowest BCUT2D eigenvalue weighted by molar-refractivity contribution is 0.485. The molecule has 1 fully saturated rings. The lowest BCUT2D eigenvalue weighted by atomic mass is 10.0. The molecule has 2 rings (SSSR count). The van der Waals surface area contributed by atoms with Crippen molar-refractivity contribution in [3.05, 3.63) is 32.7 Å². The van der Waals surface area contributed by atoms with Crippen molar-refractivity contribution in [1.82, 2.24) is 5.32 Å². The minimum Gasteiger partial charge on any atom is -0.310 e. The van der Waals surface area contributed by atoms with Crippen LogP contribution in [0.4, 0.5) is 0 Å². The van der Waals surface area contributed by atoms with Crippen LogP contribution in [0.5, 0.6) is 0 Å². The highest BCUT2D eigenvalue weighted by Gasteiger charge is 2.26. The number of rotatable bonds is 5. The third kappa shape index (κ3) is 3.31. The molecule has 0 amide bonds. The van der Waals surface area contributed by atoms with Gasteiger partial charge in [-0.2, -0.15) is 0 Å². The van der Waals surface area contributed by atoms with E-state index >= 15 is 0 Å². The van der Waals surface area contributed by atoms with Crippen LogP contribution in [-0.4, -0.2) is 6.54 Å². The molecule has 0 aromatic heterocycles. The van der Waals surface area contributed by atoms with Crippen molar-refractivity contribution in [2.24, 2.45) is 5.92 Å². The fourth-order valence-electron chi connectivity index (χ4n) is 2.04. The van der Waals surface area contributed by atoms with Crippen LogP contribution in [0, 0.1) is 5.92 Å². The van der Waals surface area contributed by atoms with Gasteiger partial charge in [-0.25, -0.2) is 0 Å². The molecule has 0 spiro atoms. The Balaban J connectivity index is 2.18. The van der Waals surface area contributed by atoms with Gasteiger partial charge in [-0.1, -0.05) is 51.6 Å². The normalized spacial score (nSPS) is 17.4. The molecule has 1 nitrogen and oxygen atoms in total. The maximum absolute atomic E-state index is 3.65. The first-order valence-electron chi connectivity index (χ1n) is 5.89. The zero-order valence-electron chi connectivity index (χ0n) is 9.47. The highest BCUT2D eigenvalue weighted by Crippen LogP contribution is 2.39. The summed E-state index contributed by atoms with van der Waals surface area (Å²) in [5.74, 6) is 0.940. The molecule has 3 heteroatoms. The Bertz CT molecular complexity index is 361. The molecule has 1 N–H and O–H groups in total. The molecule has 1 aromatic rings. The molecule has 1 unspecified atom stereocenters. The van der Waals surface area contributed by atoms with Gasteiger partial charge in [-0.05, 0) is 42.6 Å². The van der Waals surface area contributed by atoms with Gasteiger partial charge in [0.25, 0.3) is 0 Å². The van der Waals surface area contributed by atoms with Gasteiger partial charge in [-0.15, -0.1) is 0 Å². The van der Waals surface area contributed by atoms with Crippen LogP contribution in [0.1, 0.15) is 37.8 Å². The molecular weight excluding hydrogens is 330 g/mol. The molecule has 1 aliphatic rings.